The van der Waals surface area contributed by atoms with E-state index in [4.69, 9.17) is 0 Å². The van der Waals surface area contributed by atoms with Crippen molar-refractivity contribution in [1.29, 1.82) is 0 Å². The van der Waals surface area contributed by atoms with E-state index in [9.17, 15) is 0 Å². The third-order valence-electron chi connectivity index (χ3n) is 1.65. The normalized spacial score (nSPS) is 12.0. The summed E-state index contributed by atoms with van der Waals surface area (Å²) in [6, 6.07) is 8.32. The van der Waals surface area contributed by atoms with Gasteiger partial charge in [-0.1, -0.05) is 29.8 Å². The van der Waals surface area contributed by atoms with Crippen LogP contribution in [0.4, 0.5) is 5.69 Å². The van der Waals surface area contributed by atoms with E-state index in [0.717, 1.165) is 13.0 Å². The molecule has 0 aliphatic carbocycles. The molecule has 3 heteroatoms. The molecular formula is C8H8BrMgN. The van der Waals surface area contributed by atoms with Gasteiger partial charge in [-0.2, -0.15) is 0 Å². The molecule has 0 saturated carbocycles. The SMILES string of the molecule is [Br-].[Mg+2].c1ccc2c(c1)CC[N-]2. The van der Waals surface area contributed by atoms with Gasteiger partial charge in [-0.05, 0) is 6.42 Å². The predicted molar refractivity (Wildman–Crippen MR) is 43.8 cm³/mol. The van der Waals surface area contributed by atoms with Crippen LogP contribution in [0.3, 0.4) is 0 Å². The van der Waals surface area contributed by atoms with E-state index >= 15 is 0 Å². The van der Waals surface area contributed by atoms with Crippen molar-refractivity contribution in [2.75, 3.05) is 6.54 Å². The second-order valence-corrected chi connectivity index (χ2v) is 2.26. The summed E-state index contributed by atoms with van der Waals surface area (Å²) in [6.07, 6.45) is 1.14. The molecule has 1 aliphatic rings. The molecule has 11 heavy (non-hydrogen) atoms. The Bertz CT molecular complexity index is 204. The fraction of sp³-hybridized carbons (Fsp3) is 0.250. The molecule has 0 saturated heterocycles. The number of nitrogens with zero attached hydrogens (tertiary/aromatic N) is 1. The summed E-state index contributed by atoms with van der Waals surface area (Å²) < 4.78 is 0. The predicted octanol–water partition coefficient (Wildman–Crippen LogP) is -1.13. The van der Waals surface area contributed by atoms with Crippen LogP contribution in [-0.2, 0) is 6.42 Å². The van der Waals surface area contributed by atoms with E-state index in [0.29, 0.717) is 0 Å². The largest absolute Gasteiger partial charge is 2.00 e. The Morgan fingerprint density at radius 3 is 2.64 bits per heavy atom. The minimum atomic E-state index is 0. The summed E-state index contributed by atoms with van der Waals surface area (Å²) >= 11 is 0. The molecule has 0 unspecified atom stereocenters. The molecule has 1 aromatic carbocycles. The number of benzene rings is 1. The summed E-state index contributed by atoms with van der Waals surface area (Å²) in [5.74, 6) is 0. The molecule has 0 N–H and O–H groups in total. The van der Waals surface area contributed by atoms with Crippen molar-refractivity contribution in [3.8, 4) is 0 Å². The Kier molecular flexibility index (Phi) is 5.13. The Labute approximate surface area is 93.5 Å². The summed E-state index contributed by atoms with van der Waals surface area (Å²) in [5, 5.41) is 4.30. The Morgan fingerprint density at radius 2 is 1.91 bits per heavy atom. The first-order valence-electron chi connectivity index (χ1n) is 3.22. The van der Waals surface area contributed by atoms with E-state index in [1.165, 1.54) is 11.3 Å². The molecule has 0 amide bonds. The molecule has 0 fully saturated rings. The third-order valence-corrected chi connectivity index (χ3v) is 1.65. The number of hydrogen-bond acceptors (Lipinski definition) is 0. The Hall–Kier alpha value is 0.266. The quantitative estimate of drug-likeness (QED) is 0.493. The molecule has 1 heterocycles. The Morgan fingerprint density at radius 1 is 1.18 bits per heavy atom. The summed E-state index contributed by atoms with van der Waals surface area (Å²) in [5.41, 5.74) is 2.59. The van der Waals surface area contributed by atoms with Gasteiger partial charge in [0.25, 0.3) is 0 Å². The van der Waals surface area contributed by atoms with Crippen molar-refractivity contribution >= 4 is 28.7 Å². The topological polar surface area (TPSA) is 14.1 Å². The van der Waals surface area contributed by atoms with E-state index < -0.39 is 0 Å². The van der Waals surface area contributed by atoms with Crippen molar-refractivity contribution in [2.24, 2.45) is 0 Å². The number of rotatable bonds is 0. The van der Waals surface area contributed by atoms with Crippen LogP contribution in [-0.4, -0.2) is 29.6 Å². The maximum Gasteiger partial charge on any atom is 2.00 e. The van der Waals surface area contributed by atoms with Crippen LogP contribution >= 0.6 is 0 Å². The van der Waals surface area contributed by atoms with E-state index in [1.807, 2.05) is 6.07 Å². The monoisotopic (exact) mass is 221 g/mol. The van der Waals surface area contributed by atoms with Gasteiger partial charge in [0, 0.05) is 0 Å². The fourth-order valence-corrected chi connectivity index (χ4v) is 1.17. The van der Waals surface area contributed by atoms with Gasteiger partial charge < -0.3 is 22.3 Å². The number of hydrogen-bond donors (Lipinski definition) is 0. The first kappa shape index (κ1) is 11.3. The van der Waals surface area contributed by atoms with Gasteiger partial charge in [0.1, 0.15) is 0 Å². The van der Waals surface area contributed by atoms with Crippen LogP contribution in [0.2, 0.25) is 0 Å². The maximum atomic E-state index is 4.30. The standard InChI is InChI=1S/C8H8N.BrH.Mg/c1-2-4-8-7(3-1)5-6-9-8;;/h1-4H,5-6H2;1H;/q-1;;+2/p-1. The molecule has 1 nitrogen and oxygen atoms in total. The molecule has 1 aliphatic heterocycles. The van der Waals surface area contributed by atoms with E-state index in [-0.39, 0.29) is 40.0 Å². The molecular weight excluding hydrogens is 214 g/mol. The van der Waals surface area contributed by atoms with Crippen molar-refractivity contribution in [3.63, 3.8) is 0 Å². The number of halogens is 1. The molecule has 0 bridgehead atoms. The third kappa shape index (κ3) is 2.35. The van der Waals surface area contributed by atoms with Gasteiger partial charge in [-0.25, -0.2) is 0 Å². The van der Waals surface area contributed by atoms with Crippen molar-refractivity contribution in [1.82, 2.24) is 0 Å². The van der Waals surface area contributed by atoms with Crippen LogP contribution in [0.25, 0.3) is 5.32 Å². The van der Waals surface area contributed by atoms with Crippen LogP contribution in [0, 0.1) is 0 Å². The van der Waals surface area contributed by atoms with Crippen molar-refractivity contribution in [3.05, 3.63) is 35.1 Å². The van der Waals surface area contributed by atoms with Crippen LogP contribution < -0.4 is 17.0 Å². The molecule has 2 rings (SSSR count). The van der Waals surface area contributed by atoms with Crippen molar-refractivity contribution in [2.45, 2.75) is 6.42 Å². The molecule has 0 atom stereocenters. The van der Waals surface area contributed by atoms with E-state index in [2.05, 4.69) is 23.5 Å². The average Bonchev–Trinajstić information content (AvgIpc) is 2.33. The zero-order valence-corrected chi connectivity index (χ0v) is 9.26. The van der Waals surface area contributed by atoms with Gasteiger partial charge in [-0.3, -0.25) is 0 Å². The smallest absolute Gasteiger partial charge is 1.00 e. The van der Waals surface area contributed by atoms with Crippen LogP contribution in [0.15, 0.2) is 24.3 Å². The van der Waals surface area contributed by atoms with Gasteiger partial charge >= 0.3 is 23.1 Å². The zero-order chi connectivity index (χ0) is 6.10. The molecule has 0 spiro atoms. The first-order chi connectivity index (χ1) is 4.47. The summed E-state index contributed by atoms with van der Waals surface area (Å²) in [6.45, 7) is 0.985. The molecule has 0 radical (unpaired) electrons. The minimum Gasteiger partial charge on any atom is -1.00 e. The fourth-order valence-electron chi connectivity index (χ4n) is 1.17. The number of fused-ring (bicyclic) bond motifs is 1. The summed E-state index contributed by atoms with van der Waals surface area (Å²) in [4.78, 5) is 0. The van der Waals surface area contributed by atoms with Gasteiger partial charge in [-0.15, -0.1) is 12.2 Å². The van der Waals surface area contributed by atoms with E-state index in [1.54, 1.807) is 0 Å². The zero-order valence-electron chi connectivity index (χ0n) is 6.26. The average molecular weight is 222 g/mol. The number of para-hydroxylation sites is 1. The first-order valence-corrected chi connectivity index (χ1v) is 3.22. The molecule has 1 aromatic rings. The van der Waals surface area contributed by atoms with Gasteiger partial charge in [0.05, 0.1) is 0 Å². The van der Waals surface area contributed by atoms with Crippen LogP contribution in [0.5, 0.6) is 0 Å². The summed E-state index contributed by atoms with van der Waals surface area (Å²) in [7, 11) is 0. The second-order valence-electron chi connectivity index (χ2n) is 2.26. The second kappa shape index (κ2) is 5.01. The Balaban J connectivity index is 0.000000500. The molecule has 0 aromatic heterocycles. The van der Waals surface area contributed by atoms with Gasteiger partial charge in [0.15, 0.2) is 0 Å². The van der Waals surface area contributed by atoms with Gasteiger partial charge in [0.2, 0.25) is 0 Å². The van der Waals surface area contributed by atoms with Crippen molar-refractivity contribution < 1.29 is 17.0 Å². The van der Waals surface area contributed by atoms with Crippen LogP contribution in [0.1, 0.15) is 5.56 Å². The maximum absolute atomic E-state index is 4.30. The molecule has 54 valence electrons. The minimum absolute atomic E-state index is 0.